The summed E-state index contributed by atoms with van der Waals surface area (Å²) in [6.07, 6.45) is 0.387. The van der Waals surface area contributed by atoms with E-state index in [1.54, 1.807) is 19.2 Å². The van der Waals surface area contributed by atoms with E-state index in [0.29, 0.717) is 11.6 Å². The second-order valence-corrected chi connectivity index (χ2v) is 5.48. The zero-order chi connectivity index (χ0) is 16.8. The number of carbonyl (C=O) groups excluding carboxylic acids is 3. The number of nitrogens with zero attached hydrogens (tertiary/aromatic N) is 2. The van der Waals surface area contributed by atoms with Crippen molar-refractivity contribution in [2.24, 2.45) is 5.10 Å². The lowest BCUT2D eigenvalue weighted by Crippen LogP contribution is -2.34. The summed E-state index contributed by atoms with van der Waals surface area (Å²) in [4.78, 5) is 36.1. The summed E-state index contributed by atoms with van der Waals surface area (Å²) < 4.78 is 4.92. The number of rotatable bonds is 5. The predicted molar refractivity (Wildman–Crippen MR) is 83.7 cm³/mol. The van der Waals surface area contributed by atoms with Gasteiger partial charge in [-0.25, -0.2) is 10.2 Å². The summed E-state index contributed by atoms with van der Waals surface area (Å²) >= 11 is 5.80. The first kappa shape index (κ1) is 17.0. The summed E-state index contributed by atoms with van der Waals surface area (Å²) in [5, 5.41) is 4.24. The third kappa shape index (κ3) is 5.07. The van der Waals surface area contributed by atoms with Crippen molar-refractivity contribution in [2.45, 2.75) is 19.4 Å². The standard InChI is InChI=1S/C15H16ClN3O4/c1-19(8-10-2-4-11(16)5-3-10)14(21)9-23-15(22)12-6-7-13(20)18-17-12/h2-5H,6-9H2,1H3,(H,18,20). The van der Waals surface area contributed by atoms with Crippen LogP contribution in [0.1, 0.15) is 18.4 Å². The van der Waals surface area contributed by atoms with Crippen LogP contribution >= 0.6 is 11.6 Å². The molecule has 0 spiro atoms. The maximum absolute atomic E-state index is 12.0. The number of esters is 1. The molecular formula is C15H16ClN3O4. The largest absolute Gasteiger partial charge is 0.451 e. The average Bonchev–Trinajstić information content (AvgIpc) is 2.55. The summed E-state index contributed by atoms with van der Waals surface area (Å²) in [5.41, 5.74) is 3.22. The lowest BCUT2D eigenvalue weighted by Gasteiger charge is -2.17. The monoisotopic (exact) mass is 337 g/mol. The zero-order valence-electron chi connectivity index (χ0n) is 12.5. The minimum atomic E-state index is -0.696. The van der Waals surface area contributed by atoms with Crippen LogP contribution in [0.25, 0.3) is 0 Å². The summed E-state index contributed by atoms with van der Waals surface area (Å²) in [6.45, 7) is 0.000442. The van der Waals surface area contributed by atoms with Crippen LogP contribution in [0.15, 0.2) is 29.4 Å². The van der Waals surface area contributed by atoms with Crippen LogP contribution in [0, 0.1) is 0 Å². The van der Waals surface area contributed by atoms with Crippen LogP contribution in [-0.4, -0.2) is 42.0 Å². The number of nitrogens with one attached hydrogen (secondary N) is 1. The minimum Gasteiger partial charge on any atom is -0.451 e. The molecule has 1 N–H and O–H groups in total. The lowest BCUT2D eigenvalue weighted by atomic mass is 10.2. The number of hydrazone groups is 1. The number of hydrogen-bond acceptors (Lipinski definition) is 5. The van der Waals surface area contributed by atoms with Gasteiger partial charge in [0.2, 0.25) is 5.91 Å². The Morgan fingerprint density at radius 3 is 2.61 bits per heavy atom. The first-order valence-corrected chi connectivity index (χ1v) is 7.34. The molecule has 0 aliphatic carbocycles. The fraction of sp³-hybridized carbons (Fsp3) is 0.333. The van der Waals surface area contributed by atoms with Crippen molar-refractivity contribution in [3.8, 4) is 0 Å². The number of halogens is 1. The molecule has 122 valence electrons. The molecule has 7 nitrogen and oxygen atoms in total. The molecule has 0 aromatic heterocycles. The Bertz CT molecular complexity index is 643. The Morgan fingerprint density at radius 2 is 2.00 bits per heavy atom. The van der Waals surface area contributed by atoms with Crippen molar-refractivity contribution in [3.05, 3.63) is 34.9 Å². The van der Waals surface area contributed by atoms with Gasteiger partial charge in [-0.1, -0.05) is 23.7 Å². The van der Waals surface area contributed by atoms with E-state index in [1.807, 2.05) is 12.1 Å². The van der Waals surface area contributed by atoms with Crippen molar-refractivity contribution in [1.82, 2.24) is 10.3 Å². The SMILES string of the molecule is CN(Cc1ccc(Cl)cc1)C(=O)COC(=O)C1=NNC(=O)CC1. The summed E-state index contributed by atoms with van der Waals surface area (Å²) in [7, 11) is 1.61. The highest BCUT2D eigenvalue weighted by atomic mass is 35.5. The van der Waals surface area contributed by atoms with Gasteiger partial charge in [-0.15, -0.1) is 0 Å². The van der Waals surface area contributed by atoms with E-state index < -0.39 is 5.97 Å². The van der Waals surface area contributed by atoms with Crippen LogP contribution in [0.4, 0.5) is 0 Å². The molecule has 8 heteroatoms. The first-order valence-electron chi connectivity index (χ1n) is 6.96. The van der Waals surface area contributed by atoms with E-state index in [-0.39, 0.29) is 37.0 Å². The number of benzene rings is 1. The van der Waals surface area contributed by atoms with Crippen LogP contribution in [-0.2, 0) is 25.7 Å². The molecule has 0 fully saturated rings. The number of likely N-dealkylation sites (N-methyl/N-ethyl adjacent to an activating group) is 1. The first-order chi connectivity index (χ1) is 11.0. The molecule has 2 rings (SSSR count). The number of amides is 2. The van der Waals surface area contributed by atoms with Gasteiger partial charge >= 0.3 is 5.97 Å². The molecule has 0 bridgehead atoms. The second-order valence-electron chi connectivity index (χ2n) is 5.05. The van der Waals surface area contributed by atoms with Gasteiger partial charge in [0.15, 0.2) is 6.61 Å². The normalized spacial score (nSPS) is 13.8. The fourth-order valence-electron chi connectivity index (χ4n) is 1.89. The molecule has 0 atom stereocenters. The number of ether oxygens (including phenoxy) is 1. The van der Waals surface area contributed by atoms with E-state index in [0.717, 1.165) is 5.56 Å². The summed E-state index contributed by atoms with van der Waals surface area (Å²) in [5.74, 6) is -1.28. The molecule has 0 saturated carbocycles. The Hall–Kier alpha value is -2.41. The molecule has 1 aromatic carbocycles. The second kappa shape index (κ2) is 7.73. The third-order valence-corrected chi connectivity index (χ3v) is 3.48. The maximum atomic E-state index is 12.0. The number of hydrogen-bond donors (Lipinski definition) is 1. The maximum Gasteiger partial charge on any atom is 0.355 e. The van der Waals surface area contributed by atoms with E-state index >= 15 is 0 Å². The molecule has 1 aromatic rings. The molecule has 0 unspecified atom stereocenters. The summed E-state index contributed by atoms with van der Waals surface area (Å²) in [6, 6.07) is 7.12. The zero-order valence-corrected chi connectivity index (χ0v) is 13.3. The Kier molecular flexibility index (Phi) is 5.70. The topological polar surface area (TPSA) is 88.1 Å². The van der Waals surface area contributed by atoms with Crippen LogP contribution in [0.2, 0.25) is 5.02 Å². The van der Waals surface area contributed by atoms with Crippen molar-refractivity contribution in [1.29, 1.82) is 0 Å². The van der Waals surface area contributed by atoms with Gasteiger partial charge in [0.1, 0.15) is 5.71 Å². The molecular weight excluding hydrogens is 322 g/mol. The fourth-order valence-corrected chi connectivity index (χ4v) is 2.02. The third-order valence-electron chi connectivity index (χ3n) is 3.23. The van der Waals surface area contributed by atoms with Gasteiger partial charge in [-0.2, -0.15) is 5.10 Å². The van der Waals surface area contributed by atoms with Crippen molar-refractivity contribution < 1.29 is 19.1 Å². The van der Waals surface area contributed by atoms with Crippen molar-refractivity contribution in [2.75, 3.05) is 13.7 Å². The number of carbonyl (C=O) groups is 3. The van der Waals surface area contributed by atoms with Gasteiger partial charge in [-0.05, 0) is 17.7 Å². The van der Waals surface area contributed by atoms with Gasteiger partial charge in [0, 0.05) is 31.5 Å². The predicted octanol–water partition coefficient (Wildman–Crippen LogP) is 1.11. The molecule has 0 saturated heterocycles. The molecule has 2 amide bonds. The van der Waals surface area contributed by atoms with E-state index in [1.165, 1.54) is 4.90 Å². The molecule has 0 radical (unpaired) electrons. The van der Waals surface area contributed by atoms with Gasteiger partial charge in [0.25, 0.3) is 5.91 Å². The van der Waals surface area contributed by atoms with Gasteiger partial charge in [0.05, 0.1) is 0 Å². The van der Waals surface area contributed by atoms with Crippen LogP contribution in [0.3, 0.4) is 0 Å². The van der Waals surface area contributed by atoms with Crippen LogP contribution in [0.5, 0.6) is 0 Å². The van der Waals surface area contributed by atoms with E-state index in [9.17, 15) is 14.4 Å². The van der Waals surface area contributed by atoms with Gasteiger partial charge in [-0.3, -0.25) is 9.59 Å². The molecule has 1 aliphatic heterocycles. The smallest absolute Gasteiger partial charge is 0.355 e. The molecule has 1 aliphatic rings. The minimum absolute atomic E-state index is 0.109. The quantitative estimate of drug-likeness (QED) is 0.815. The lowest BCUT2D eigenvalue weighted by molar-refractivity contribution is -0.146. The Labute approximate surface area is 138 Å². The van der Waals surface area contributed by atoms with E-state index in [4.69, 9.17) is 16.3 Å². The van der Waals surface area contributed by atoms with Crippen molar-refractivity contribution in [3.63, 3.8) is 0 Å². The van der Waals surface area contributed by atoms with Crippen molar-refractivity contribution >= 4 is 35.1 Å². The molecule has 23 heavy (non-hydrogen) atoms. The Balaban J connectivity index is 1.80. The highest BCUT2D eigenvalue weighted by Crippen LogP contribution is 2.11. The highest BCUT2D eigenvalue weighted by molar-refractivity contribution is 6.37. The Morgan fingerprint density at radius 1 is 1.30 bits per heavy atom. The average molecular weight is 338 g/mol. The van der Waals surface area contributed by atoms with Crippen LogP contribution < -0.4 is 5.43 Å². The molecule has 1 heterocycles. The van der Waals surface area contributed by atoms with E-state index in [2.05, 4.69) is 10.5 Å². The highest BCUT2D eigenvalue weighted by Gasteiger charge is 2.21. The van der Waals surface area contributed by atoms with Gasteiger partial charge < -0.3 is 9.64 Å².